The highest BCUT2D eigenvalue weighted by molar-refractivity contribution is 9.10. The maximum Gasteiger partial charge on any atom is 0.420 e. The molecule has 0 bridgehead atoms. The Bertz CT molecular complexity index is 427. The number of hydrogen-bond donors (Lipinski definition) is 2. The van der Waals surface area contributed by atoms with Gasteiger partial charge in [-0.2, -0.15) is 13.2 Å². The fourth-order valence-electron chi connectivity index (χ4n) is 1.30. The minimum Gasteiger partial charge on any atom is -0.506 e. The lowest BCUT2D eigenvalue weighted by Gasteiger charge is -2.24. The molecule has 0 unspecified atom stereocenters. The molecule has 1 aromatic rings. The first-order valence-electron chi connectivity index (χ1n) is 4.80. The zero-order chi connectivity index (χ0) is 13.4. The molecular formula is C11H12BrF3O2. The van der Waals surface area contributed by atoms with E-state index >= 15 is 0 Å². The smallest absolute Gasteiger partial charge is 0.420 e. The van der Waals surface area contributed by atoms with Crippen LogP contribution in [0.1, 0.15) is 25.0 Å². The maximum absolute atomic E-state index is 12.7. The largest absolute Gasteiger partial charge is 0.506 e. The third-order valence-electron chi connectivity index (χ3n) is 2.55. The zero-order valence-corrected chi connectivity index (χ0v) is 10.9. The van der Waals surface area contributed by atoms with E-state index in [1.165, 1.54) is 6.07 Å². The summed E-state index contributed by atoms with van der Waals surface area (Å²) in [6, 6.07) is 2.23. The molecule has 2 nitrogen and oxygen atoms in total. The van der Waals surface area contributed by atoms with Crippen molar-refractivity contribution in [1.82, 2.24) is 0 Å². The van der Waals surface area contributed by atoms with Crippen LogP contribution in [0.15, 0.2) is 16.6 Å². The number of phenols is 1. The Hall–Kier alpha value is -0.750. The number of aliphatic hydroxyl groups excluding tert-OH is 1. The Morgan fingerprint density at radius 2 is 1.76 bits per heavy atom. The summed E-state index contributed by atoms with van der Waals surface area (Å²) in [7, 11) is 0. The summed E-state index contributed by atoms with van der Waals surface area (Å²) in [5.74, 6) is -0.838. The van der Waals surface area contributed by atoms with E-state index in [0.717, 1.165) is 6.07 Å². The molecular weight excluding hydrogens is 301 g/mol. The van der Waals surface area contributed by atoms with Gasteiger partial charge in [0.1, 0.15) is 5.75 Å². The van der Waals surface area contributed by atoms with E-state index in [4.69, 9.17) is 5.11 Å². The van der Waals surface area contributed by atoms with Crippen LogP contribution in [0.2, 0.25) is 0 Å². The standard InChI is InChI=1S/C11H12BrF3O2/c1-10(2,5-16)6-3-7(11(13,14)15)9(17)8(12)4-6/h3-4,16-17H,5H2,1-2H3. The van der Waals surface area contributed by atoms with Crippen LogP contribution in [0.4, 0.5) is 13.2 Å². The molecule has 0 amide bonds. The topological polar surface area (TPSA) is 40.5 Å². The Kier molecular flexibility index (Phi) is 3.78. The maximum atomic E-state index is 12.7. The monoisotopic (exact) mass is 312 g/mol. The van der Waals surface area contributed by atoms with Crippen molar-refractivity contribution in [3.8, 4) is 5.75 Å². The molecule has 17 heavy (non-hydrogen) atoms. The Morgan fingerprint density at radius 1 is 1.24 bits per heavy atom. The number of phenolic OH excluding ortho intramolecular Hbond substituents is 1. The van der Waals surface area contributed by atoms with Gasteiger partial charge in [-0.25, -0.2) is 0 Å². The fourth-order valence-corrected chi connectivity index (χ4v) is 1.76. The second-order valence-electron chi connectivity index (χ2n) is 4.39. The van der Waals surface area contributed by atoms with Gasteiger partial charge in [0, 0.05) is 5.41 Å². The van der Waals surface area contributed by atoms with Crippen LogP contribution in [0.25, 0.3) is 0 Å². The molecule has 96 valence electrons. The molecule has 2 N–H and O–H groups in total. The molecule has 0 aliphatic carbocycles. The minimum atomic E-state index is -4.63. The molecule has 1 rings (SSSR count). The first kappa shape index (κ1) is 14.3. The van der Waals surface area contributed by atoms with Crippen LogP contribution in [0.5, 0.6) is 5.75 Å². The molecule has 0 saturated carbocycles. The lowest BCUT2D eigenvalue weighted by atomic mass is 9.84. The fraction of sp³-hybridized carbons (Fsp3) is 0.455. The number of aliphatic hydroxyl groups is 1. The van der Waals surface area contributed by atoms with Crippen molar-refractivity contribution in [2.24, 2.45) is 0 Å². The van der Waals surface area contributed by atoms with Gasteiger partial charge in [-0.3, -0.25) is 0 Å². The lowest BCUT2D eigenvalue weighted by Crippen LogP contribution is -2.23. The SMILES string of the molecule is CC(C)(CO)c1cc(Br)c(O)c(C(F)(F)F)c1. The first-order valence-corrected chi connectivity index (χ1v) is 5.60. The number of hydrogen-bond acceptors (Lipinski definition) is 2. The highest BCUT2D eigenvalue weighted by Gasteiger charge is 2.36. The number of rotatable bonds is 2. The molecule has 0 aromatic heterocycles. The number of benzene rings is 1. The molecule has 0 spiro atoms. The van der Waals surface area contributed by atoms with Crippen LogP contribution >= 0.6 is 15.9 Å². The summed E-state index contributed by atoms with van der Waals surface area (Å²) in [6.45, 7) is 2.94. The van der Waals surface area contributed by atoms with E-state index in [-0.39, 0.29) is 11.1 Å². The van der Waals surface area contributed by atoms with E-state index in [1.54, 1.807) is 13.8 Å². The highest BCUT2D eigenvalue weighted by atomic mass is 79.9. The van der Waals surface area contributed by atoms with Gasteiger partial charge >= 0.3 is 6.18 Å². The third-order valence-corrected chi connectivity index (χ3v) is 3.15. The second kappa shape index (κ2) is 4.49. The van der Waals surface area contributed by atoms with Crippen LogP contribution in [0.3, 0.4) is 0 Å². The average Bonchev–Trinajstić information content (AvgIpc) is 2.19. The predicted octanol–water partition coefficient (Wildman–Crippen LogP) is 3.44. The predicted molar refractivity (Wildman–Crippen MR) is 60.9 cm³/mol. The summed E-state index contributed by atoms with van der Waals surface area (Å²) in [5, 5.41) is 18.5. The molecule has 0 aliphatic rings. The highest BCUT2D eigenvalue weighted by Crippen LogP contribution is 2.42. The van der Waals surface area contributed by atoms with Crippen molar-refractivity contribution in [3.63, 3.8) is 0 Å². The number of alkyl halides is 3. The minimum absolute atomic E-state index is 0.0381. The first-order chi connectivity index (χ1) is 7.59. The number of aromatic hydroxyl groups is 1. The molecule has 6 heteroatoms. The molecule has 0 saturated heterocycles. The van der Waals surface area contributed by atoms with E-state index in [1.807, 2.05) is 0 Å². The van der Waals surface area contributed by atoms with Gasteiger partial charge < -0.3 is 10.2 Å². The van der Waals surface area contributed by atoms with Gasteiger partial charge in [-0.1, -0.05) is 13.8 Å². The molecule has 0 aliphatic heterocycles. The van der Waals surface area contributed by atoms with Crippen molar-refractivity contribution in [3.05, 3.63) is 27.7 Å². The Labute approximate surface area is 105 Å². The van der Waals surface area contributed by atoms with Crippen LogP contribution in [-0.2, 0) is 11.6 Å². The number of halogens is 4. The van der Waals surface area contributed by atoms with Gasteiger partial charge in [0.25, 0.3) is 0 Å². The van der Waals surface area contributed by atoms with Gasteiger partial charge in [-0.15, -0.1) is 0 Å². The van der Waals surface area contributed by atoms with Crippen molar-refractivity contribution < 1.29 is 23.4 Å². The molecule has 0 radical (unpaired) electrons. The second-order valence-corrected chi connectivity index (χ2v) is 5.25. The summed E-state index contributed by atoms with van der Waals surface area (Å²) < 4.78 is 37.9. The summed E-state index contributed by atoms with van der Waals surface area (Å²) >= 11 is 2.88. The van der Waals surface area contributed by atoms with Crippen LogP contribution in [-0.4, -0.2) is 16.8 Å². The molecule has 1 aromatic carbocycles. The van der Waals surface area contributed by atoms with Crippen molar-refractivity contribution in [2.75, 3.05) is 6.61 Å². The third kappa shape index (κ3) is 2.93. The van der Waals surface area contributed by atoms with Gasteiger partial charge in [0.2, 0.25) is 0 Å². The lowest BCUT2D eigenvalue weighted by molar-refractivity contribution is -0.138. The quantitative estimate of drug-likeness (QED) is 0.878. The van der Waals surface area contributed by atoms with Crippen molar-refractivity contribution in [1.29, 1.82) is 0 Å². The summed E-state index contributed by atoms with van der Waals surface area (Å²) in [6.07, 6.45) is -4.63. The van der Waals surface area contributed by atoms with Crippen molar-refractivity contribution in [2.45, 2.75) is 25.4 Å². The Morgan fingerprint density at radius 3 is 2.18 bits per heavy atom. The molecule has 0 fully saturated rings. The van der Waals surface area contributed by atoms with Crippen molar-refractivity contribution >= 4 is 15.9 Å². The molecule has 0 atom stereocenters. The van der Waals surface area contributed by atoms with E-state index in [0.29, 0.717) is 5.56 Å². The summed E-state index contributed by atoms with van der Waals surface area (Å²) in [5.41, 5.74) is -1.61. The van der Waals surface area contributed by atoms with E-state index < -0.39 is 22.9 Å². The molecule has 0 heterocycles. The average molecular weight is 313 g/mol. The zero-order valence-electron chi connectivity index (χ0n) is 9.27. The van der Waals surface area contributed by atoms with Crippen LogP contribution < -0.4 is 0 Å². The van der Waals surface area contributed by atoms with Gasteiger partial charge in [0.05, 0.1) is 16.6 Å². The van der Waals surface area contributed by atoms with Gasteiger partial charge in [0.15, 0.2) is 0 Å². The van der Waals surface area contributed by atoms with E-state index in [2.05, 4.69) is 15.9 Å². The Balaban J connectivity index is 3.45. The van der Waals surface area contributed by atoms with Gasteiger partial charge in [-0.05, 0) is 33.6 Å². The normalized spacial score (nSPS) is 12.9. The van der Waals surface area contributed by atoms with Crippen LogP contribution in [0, 0.1) is 0 Å². The van der Waals surface area contributed by atoms with E-state index in [9.17, 15) is 18.3 Å². The summed E-state index contributed by atoms with van der Waals surface area (Å²) in [4.78, 5) is 0.